The third-order valence-electron chi connectivity index (χ3n) is 2.74. The molecule has 0 N–H and O–H groups in total. The predicted molar refractivity (Wildman–Crippen MR) is 70.1 cm³/mol. The van der Waals surface area contributed by atoms with Gasteiger partial charge in [0.2, 0.25) is 0 Å². The van der Waals surface area contributed by atoms with Gasteiger partial charge in [0.25, 0.3) is 0 Å². The zero-order valence-corrected chi connectivity index (χ0v) is 9.78. The summed E-state index contributed by atoms with van der Waals surface area (Å²) in [6.07, 6.45) is 1.62. The van der Waals surface area contributed by atoms with Gasteiger partial charge in [-0.2, -0.15) is 0 Å². The minimum Gasteiger partial charge on any atom is -0.623 e. The van der Waals surface area contributed by atoms with Crippen molar-refractivity contribution >= 4 is 6.21 Å². The molecule has 0 aliphatic rings. The van der Waals surface area contributed by atoms with Gasteiger partial charge in [0.15, 0.2) is 12.3 Å². The lowest BCUT2D eigenvalue weighted by Crippen LogP contribution is -2.11. The first kappa shape index (κ1) is 11.4. The first-order valence-electron chi connectivity index (χ1n) is 5.68. The molecule has 0 aliphatic heterocycles. The zero-order valence-electron chi connectivity index (χ0n) is 9.78. The lowest BCUT2D eigenvalue weighted by Gasteiger charge is -2.12. The van der Waals surface area contributed by atoms with Gasteiger partial charge < -0.3 is 5.21 Å². The normalized spacial score (nSPS) is 13.4. The monoisotopic (exact) mass is 225 g/mol. The minimum absolute atomic E-state index is 0.170. The molecule has 0 heterocycles. The van der Waals surface area contributed by atoms with Crippen LogP contribution in [-0.2, 0) is 0 Å². The average molecular weight is 225 g/mol. The van der Waals surface area contributed by atoms with Crippen LogP contribution < -0.4 is 0 Å². The first-order chi connectivity index (χ1) is 8.27. The molecule has 0 saturated carbocycles. The highest BCUT2D eigenvalue weighted by Gasteiger charge is 2.11. The molecule has 2 heteroatoms. The van der Waals surface area contributed by atoms with Gasteiger partial charge in [-0.15, -0.1) is 0 Å². The molecule has 1 atom stereocenters. The van der Waals surface area contributed by atoms with Gasteiger partial charge in [0, 0.05) is 18.1 Å². The van der Waals surface area contributed by atoms with Crippen molar-refractivity contribution < 1.29 is 4.74 Å². The fraction of sp³-hybridized carbons (Fsp3) is 0.133. The Morgan fingerprint density at radius 3 is 2.06 bits per heavy atom. The lowest BCUT2D eigenvalue weighted by molar-refractivity contribution is -0.498. The number of benzene rings is 2. The van der Waals surface area contributed by atoms with Crippen LogP contribution in [0, 0.1) is 5.21 Å². The highest BCUT2D eigenvalue weighted by molar-refractivity contribution is 5.75. The number of hydroxylamine groups is 1. The third-order valence-corrected chi connectivity index (χ3v) is 2.74. The van der Waals surface area contributed by atoms with Gasteiger partial charge in [-0.25, -0.2) is 4.74 Å². The quantitative estimate of drug-likeness (QED) is 0.340. The van der Waals surface area contributed by atoms with E-state index >= 15 is 0 Å². The van der Waals surface area contributed by atoms with E-state index in [2.05, 4.69) is 0 Å². The molecule has 0 fully saturated rings. The van der Waals surface area contributed by atoms with Crippen molar-refractivity contribution in [3.05, 3.63) is 77.0 Å². The van der Waals surface area contributed by atoms with Crippen LogP contribution >= 0.6 is 0 Å². The molecule has 2 aromatic carbocycles. The van der Waals surface area contributed by atoms with Crippen LogP contribution in [-0.4, -0.2) is 11.0 Å². The number of rotatable bonds is 3. The molecule has 17 heavy (non-hydrogen) atoms. The number of nitrogens with zero attached hydrogens (tertiary/aromatic N) is 1. The van der Waals surface area contributed by atoms with Crippen molar-refractivity contribution in [1.29, 1.82) is 0 Å². The second-order valence-corrected chi connectivity index (χ2v) is 3.99. The summed E-state index contributed by atoms with van der Waals surface area (Å²) in [6.45, 7) is 1.90. The van der Waals surface area contributed by atoms with Gasteiger partial charge in [0.05, 0.1) is 0 Å². The molecule has 0 spiro atoms. The summed E-state index contributed by atoms with van der Waals surface area (Å²) < 4.78 is 0.991. The van der Waals surface area contributed by atoms with Crippen LogP contribution in [0.5, 0.6) is 0 Å². The van der Waals surface area contributed by atoms with E-state index in [4.69, 9.17) is 0 Å². The predicted octanol–water partition coefficient (Wildman–Crippen LogP) is 3.38. The molecular formula is C15H15NO. The Kier molecular flexibility index (Phi) is 3.55. The van der Waals surface area contributed by atoms with Crippen LogP contribution in [0.2, 0.25) is 0 Å². The maximum absolute atomic E-state index is 12.0. The van der Waals surface area contributed by atoms with Gasteiger partial charge in [-0.05, 0) is 12.1 Å². The van der Waals surface area contributed by atoms with Crippen LogP contribution in [0.1, 0.15) is 24.1 Å². The van der Waals surface area contributed by atoms with Crippen molar-refractivity contribution in [2.75, 3.05) is 0 Å². The van der Waals surface area contributed by atoms with E-state index in [0.717, 1.165) is 15.9 Å². The van der Waals surface area contributed by atoms with Crippen molar-refractivity contribution in [3.63, 3.8) is 0 Å². The van der Waals surface area contributed by atoms with Gasteiger partial charge >= 0.3 is 0 Å². The standard InChI is InChI=1S/C15H15NO/c1-13(15-10-6-3-7-11-15)16(17)12-14-8-4-2-5-9-14/h2-13H,1H3/b16-12-. The summed E-state index contributed by atoms with van der Waals surface area (Å²) in [5, 5.41) is 12.0. The van der Waals surface area contributed by atoms with Crippen molar-refractivity contribution in [3.8, 4) is 0 Å². The summed E-state index contributed by atoms with van der Waals surface area (Å²) in [6, 6.07) is 19.2. The number of hydrogen-bond acceptors (Lipinski definition) is 1. The minimum atomic E-state index is -0.170. The molecule has 0 aliphatic carbocycles. The Labute approximate surface area is 101 Å². The lowest BCUT2D eigenvalue weighted by atomic mass is 10.1. The molecule has 1 unspecified atom stereocenters. The van der Waals surface area contributed by atoms with E-state index in [9.17, 15) is 5.21 Å². The summed E-state index contributed by atoms with van der Waals surface area (Å²) in [5.41, 5.74) is 1.94. The molecule has 2 nitrogen and oxygen atoms in total. The Morgan fingerprint density at radius 1 is 0.941 bits per heavy atom. The van der Waals surface area contributed by atoms with Crippen molar-refractivity contribution in [2.24, 2.45) is 0 Å². The molecule has 0 saturated heterocycles. The van der Waals surface area contributed by atoms with Crippen LogP contribution in [0.15, 0.2) is 60.7 Å². The van der Waals surface area contributed by atoms with Gasteiger partial charge in [-0.3, -0.25) is 0 Å². The molecular weight excluding hydrogens is 210 g/mol. The van der Waals surface area contributed by atoms with Crippen molar-refractivity contribution in [2.45, 2.75) is 13.0 Å². The number of hydrogen-bond donors (Lipinski definition) is 0. The molecule has 0 radical (unpaired) electrons. The van der Waals surface area contributed by atoms with Gasteiger partial charge in [0.1, 0.15) is 0 Å². The Hall–Kier alpha value is -2.09. The maximum Gasteiger partial charge on any atom is 0.185 e. The van der Waals surface area contributed by atoms with E-state index in [1.165, 1.54) is 0 Å². The Morgan fingerprint density at radius 2 is 1.47 bits per heavy atom. The second-order valence-electron chi connectivity index (χ2n) is 3.99. The Bertz CT molecular complexity index is 491. The first-order valence-corrected chi connectivity index (χ1v) is 5.68. The molecule has 2 rings (SSSR count). The molecule has 2 aromatic rings. The highest BCUT2D eigenvalue weighted by Crippen LogP contribution is 2.14. The van der Waals surface area contributed by atoms with E-state index in [0.29, 0.717) is 0 Å². The van der Waals surface area contributed by atoms with Crippen LogP contribution in [0.4, 0.5) is 0 Å². The van der Waals surface area contributed by atoms with Gasteiger partial charge in [-0.1, -0.05) is 48.5 Å². The molecule has 0 amide bonds. The van der Waals surface area contributed by atoms with E-state index in [1.54, 1.807) is 6.21 Å². The maximum atomic E-state index is 12.0. The summed E-state index contributed by atoms with van der Waals surface area (Å²) in [4.78, 5) is 0. The smallest absolute Gasteiger partial charge is 0.185 e. The average Bonchev–Trinajstić information content (AvgIpc) is 2.40. The second kappa shape index (κ2) is 5.30. The molecule has 0 aromatic heterocycles. The highest BCUT2D eigenvalue weighted by atomic mass is 16.5. The largest absolute Gasteiger partial charge is 0.623 e. The topological polar surface area (TPSA) is 26.1 Å². The van der Waals surface area contributed by atoms with Crippen LogP contribution in [0.25, 0.3) is 0 Å². The Balaban J connectivity index is 2.21. The van der Waals surface area contributed by atoms with Crippen LogP contribution in [0.3, 0.4) is 0 Å². The molecule has 0 bridgehead atoms. The summed E-state index contributed by atoms with van der Waals surface area (Å²) in [7, 11) is 0. The molecule has 86 valence electrons. The van der Waals surface area contributed by atoms with E-state index in [-0.39, 0.29) is 6.04 Å². The van der Waals surface area contributed by atoms with Crippen molar-refractivity contribution in [1.82, 2.24) is 0 Å². The fourth-order valence-corrected chi connectivity index (χ4v) is 1.68. The fourth-order valence-electron chi connectivity index (χ4n) is 1.68. The van der Waals surface area contributed by atoms with E-state index in [1.807, 2.05) is 67.6 Å². The van der Waals surface area contributed by atoms with E-state index < -0.39 is 0 Å². The summed E-state index contributed by atoms with van der Waals surface area (Å²) in [5.74, 6) is 0. The third kappa shape index (κ3) is 2.94. The SMILES string of the molecule is CC(c1ccccc1)/[N+]([O-])=C/c1ccccc1. The summed E-state index contributed by atoms with van der Waals surface area (Å²) >= 11 is 0. The zero-order chi connectivity index (χ0) is 12.1.